The lowest BCUT2D eigenvalue weighted by atomic mass is 10.1. The Morgan fingerprint density at radius 3 is 2.56 bits per heavy atom. The molecule has 4 nitrogen and oxygen atoms in total. The molecule has 0 radical (unpaired) electrons. The van der Waals surface area contributed by atoms with Crippen molar-refractivity contribution in [3.8, 4) is 0 Å². The molecule has 0 saturated carbocycles. The average Bonchev–Trinajstić information content (AvgIpc) is 2.27. The SMILES string of the molecule is CCS(=O)(=O)[C@H](C)C(=O)c1cccc(N)c1. The Morgan fingerprint density at radius 1 is 1.44 bits per heavy atom. The Balaban J connectivity index is 3.04. The molecule has 2 N–H and O–H groups in total. The van der Waals surface area contributed by atoms with Crippen LogP contribution >= 0.6 is 0 Å². The summed E-state index contributed by atoms with van der Waals surface area (Å²) in [4.78, 5) is 11.9. The van der Waals surface area contributed by atoms with Gasteiger partial charge in [0.1, 0.15) is 5.25 Å². The van der Waals surface area contributed by atoms with Crippen molar-refractivity contribution in [2.75, 3.05) is 11.5 Å². The number of benzene rings is 1. The topological polar surface area (TPSA) is 77.2 Å². The minimum atomic E-state index is -3.35. The fraction of sp³-hybridized carbons (Fsp3) is 0.364. The van der Waals surface area contributed by atoms with E-state index in [1.54, 1.807) is 18.2 Å². The van der Waals surface area contributed by atoms with Crippen LogP contribution in [-0.2, 0) is 9.84 Å². The van der Waals surface area contributed by atoms with E-state index in [2.05, 4.69) is 0 Å². The second kappa shape index (κ2) is 4.65. The van der Waals surface area contributed by atoms with Crippen molar-refractivity contribution < 1.29 is 13.2 Å². The highest BCUT2D eigenvalue weighted by Gasteiger charge is 2.26. The van der Waals surface area contributed by atoms with Crippen molar-refractivity contribution in [1.82, 2.24) is 0 Å². The van der Waals surface area contributed by atoms with Gasteiger partial charge in [-0.25, -0.2) is 8.42 Å². The third kappa shape index (κ3) is 2.61. The minimum Gasteiger partial charge on any atom is -0.399 e. The molecule has 0 amide bonds. The number of hydrogen-bond acceptors (Lipinski definition) is 4. The first-order valence-corrected chi connectivity index (χ1v) is 6.71. The van der Waals surface area contributed by atoms with Gasteiger partial charge in [0, 0.05) is 17.0 Å². The maximum atomic E-state index is 11.9. The van der Waals surface area contributed by atoms with Gasteiger partial charge in [0.2, 0.25) is 0 Å². The van der Waals surface area contributed by atoms with Crippen molar-refractivity contribution in [1.29, 1.82) is 0 Å². The summed E-state index contributed by atoms with van der Waals surface area (Å²) in [5, 5.41) is -1.01. The molecular formula is C11H15NO3S. The first-order valence-electron chi connectivity index (χ1n) is 5.00. The molecule has 0 aromatic heterocycles. The van der Waals surface area contributed by atoms with E-state index in [1.165, 1.54) is 19.9 Å². The van der Waals surface area contributed by atoms with Crippen molar-refractivity contribution in [2.45, 2.75) is 19.1 Å². The summed E-state index contributed by atoms with van der Waals surface area (Å²) in [6.45, 7) is 2.93. The molecular weight excluding hydrogens is 226 g/mol. The summed E-state index contributed by atoms with van der Waals surface area (Å²) < 4.78 is 23.1. The molecule has 0 unspecified atom stereocenters. The van der Waals surface area contributed by atoms with Crippen LogP contribution < -0.4 is 5.73 Å². The molecule has 5 heteroatoms. The van der Waals surface area contributed by atoms with Crippen molar-refractivity contribution >= 4 is 21.3 Å². The van der Waals surface area contributed by atoms with E-state index >= 15 is 0 Å². The van der Waals surface area contributed by atoms with E-state index in [-0.39, 0.29) is 5.75 Å². The maximum absolute atomic E-state index is 11.9. The summed E-state index contributed by atoms with van der Waals surface area (Å²) in [7, 11) is -3.35. The summed E-state index contributed by atoms with van der Waals surface area (Å²) in [5.41, 5.74) is 6.32. The monoisotopic (exact) mass is 241 g/mol. The standard InChI is InChI=1S/C11H15NO3S/c1-3-16(14,15)8(2)11(13)9-5-4-6-10(12)7-9/h4-8H,3,12H2,1-2H3/t8-/m1/s1. The molecule has 0 aliphatic rings. The van der Waals surface area contributed by atoms with Crippen LogP contribution in [-0.4, -0.2) is 25.2 Å². The van der Waals surface area contributed by atoms with Gasteiger partial charge >= 0.3 is 0 Å². The number of carbonyl (C=O) groups is 1. The summed E-state index contributed by atoms with van der Waals surface area (Å²) >= 11 is 0. The van der Waals surface area contributed by atoms with Crippen LogP contribution in [0.2, 0.25) is 0 Å². The van der Waals surface area contributed by atoms with E-state index in [0.717, 1.165) is 0 Å². The largest absolute Gasteiger partial charge is 0.399 e. The molecule has 1 atom stereocenters. The molecule has 0 heterocycles. The number of ketones is 1. The number of anilines is 1. The second-order valence-corrected chi connectivity index (χ2v) is 6.19. The Bertz CT molecular complexity index is 494. The van der Waals surface area contributed by atoms with Crippen LogP contribution in [0.15, 0.2) is 24.3 Å². The van der Waals surface area contributed by atoms with E-state index in [9.17, 15) is 13.2 Å². The highest BCUT2D eigenvalue weighted by Crippen LogP contribution is 2.13. The number of Topliss-reactive ketones (excluding diaryl/α,β-unsaturated/α-hetero) is 1. The van der Waals surface area contributed by atoms with E-state index < -0.39 is 20.9 Å². The Labute approximate surface area is 95.4 Å². The average molecular weight is 241 g/mol. The maximum Gasteiger partial charge on any atom is 0.180 e. The zero-order valence-electron chi connectivity index (χ0n) is 9.30. The van der Waals surface area contributed by atoms with Crippen LogP contribution in [0.4, 0.5) is 5.69 Å². The predicted molar refractivity (Wildman–Crippen MR) is 64.1 cm³/mol. The minimum absolute atomic E-state index is 0.0395. The van der Waals surface area contributed by atoms with E-state index in [1.807, 2.05) is 0 Å². The van der Waals surface area contributed by atoms with Gasteiger partial charge in [-0.05, 0) is 19.1 Å². The third-order valence-corrected chi connectivity index (χ3v) is 4.58. The molecule has 0 bridgehead atoms. The molecule has 0 aliphatic heterocycles. The van der Waals surface area contributed by atoms with Gasteiger partial charge in [-0.2, -0.15) is 0 Å². The van der Waals surface area contributed by atoms with E-state index in [0.29, 0.717) is 11.3 Å². The number of sulfone groups is 1. The fourth-order valence-electron chi connectivity index (χ4n) is 1.34. The number of carbonyl (C=O) groups excluding carboxylic acids is 1. The highest BCUT2D eigenvalue weighted by atomic mass is 32.2. The normalized spacial score (nSPS) is 13.4. The Morgan fingerprint density at radius 2 is 2.06 bits per heavy atom. The van der Waals surface area contributed by atoms with Crippen LogP contribution in [0.5, 0.6) is 0 Å². The molecule has 0 spiro atoms. The van der Waals surface area contributed by atoms with Crippen LogP contribution in [0, 0.1) is 0 Å². The highest BCUT2D eigenvalue weighted by molar-refractivity contribution is 7.92. The van der Waals surface area contributed by atoms with Gasteiger partial charge in [-0.15, -0.1) is 0 Å². The molecule has 1 aromatic carbocycles. The van der Waals surface area contributed by atoms with Gasteiger partial charge in [-0.3, -0.25) is 4.79 Å². The number of nitrogen functional groups attached to an aromatic ring is 1. The molecule has 1 aromatic rings. The van der Waals surface area contributed by atoms with Crippen LogP contribution in [0.25, 0.3) is 0 Å². The lowest BCUT2D eigenvalue weighted by molar-refractivity contribution is 0.0991. The molecule has 0 saturated heterocycles. The smallest absolute Gasteiger partial charge is 0.180 e. The number of nitrogens with two attached hydrogens (primary N) is 1. The van der Waals surface area contributed by atoms with Crippen molar-refractivity contribution in [2.24, 2.45) is 0 Å². The first-order chi connectivity index (χ1) is 7.38. The summed E-state index contributed by atoms with van der Waals surface area (Å²) in [6, 6.07) is 6.34. The predicted octanol–water partition coefficient (Wildman–Crippen LogP) is 1.27. The van der Waals surface area contributed by atoms with Crippen molar-refractivity contribution in [3.05, 3.63) is 29.8 Å². The first kappa shape index (κ1) is 12.7. The second-order valence-electron chi connectivity index (χ2n) is 3.58. The molecule has 88 valence electrons. The van der Waals surface area contributed by atoms with Gasteiger partial charge in [0.05, 0.1) is 0 Å². The lowest BCUT2D eigenvalue weighted by Gasteiger charge is -2.10. The quantitative estimate of drug-likeness (QED) is 0.636. The molecule has 1 rings (SSSR count). The Kier molecular flexibility index (Phi) is 3.70. The van der Waals surface area contributed by atoms with Gasteiger partial charge in [-0.1, -0.05) is 19.1 Å². The van der Waals surface area contributed by atoms with Gasteiger partial charge in [0.25, 0.3) is 0 Å². The van der Waals surface area contributed by atoms with Gasteiger partial charge < -0.3 is 5.73 Å². The number of rotatable bonds is 4. The number of hydrogen-bond donors (Lipinski definition) is 1. The molecule has 0 fully saturated rings. The van der Waals surface area contributed by atoms with Crippen LogP contribution in [0.1, 0.15) is 24.2 Å². The van der Waals surface area contributed by atoms with Crippen LogP contribution in [0.3, 0.4) is 0 Å². The zero-order valence-corrected chi connectivity index (χ0v) is 10.1. The molecule has 16 heavy (non-hydrogen) atoms. The van der Waals surface area contributed by atoms with Crippen molar-refractivity contribution in [3.63, 3.8) is 0 Å². The summed E-state index contributed by atoms with van der Waals surface area (Å²) in [6.07, 6.45) is 0. The van der Waals surface area contributed by atoms with Gasteiger partial charge in [0.15, 0.2) is 15.6 Å². The third-order valence-electron chi connectivity index (χ3n) is 2.48. The van der Waals surface area contributed by atoms with E-state index in [4.69, 9.17) is 5.73 Å². The summed E-state index contributed by atoms with van der Waals surface area (Å²) in [5.74, 6) is -0.448. The zero-order chi connectivity index (χ0) is 12.3. The lowest BCUT2D eigenvalue weighted by Crippen LogP contribution is -2.28. The fourth-order valence-corrected chi connectivity index (χ4v) is 2.30. The Hall–Kier alpha value is -1.36. The molecule has 0 aliphatic carbocycles.